The zero-order chi connectivity index (χ0) is 16.9. The number of benzene rings is 2. The fourth-order valence-corrected chi connectivity index (χ4v) is 2.79. The summed E-state index contributed by atoms with van der Waals surface area (Å²) >= 11 is 0. The molecule has 0 aliphatic rings. The number of hydrogen-bond donors (Lipinski definition) is 1. The maximum atomic E-state index is 11.9. The minimum absolute atomic E-state index is 0.369. The summed E-state index contributed by atoms with van der Waals surface area (Å²) in [7, 11) is 1.88. The van der Waals surface area contributed by atoms with Gasteiger partial charge in [-0.2, -0.15) is 5.10 Å². The molecule has 0 bridgehead atoms. The van der Waals surface area contributed by atoms with Crippen LogP contribution in [0, 0.1) is 0 Å². The topological polar surface area (TPSA) is 64.2 Å². The number of primary amides is 1. The first-order valence-electron chi connectivity index (χ1n) is 7.79. The number of carbonyl (C=O) groups is 1. The van der Waals surface area contributed by atoms with Crippen LogP contribution in [0.2, 0.25) is 0 Å². The molecule has 0 spiro atoms. The highest BCUT2D eigenvalue weighted by molar-refractivity contribution is 5.81. The zero-order valence-corrected chi connectivity index (χ0v) is 13.5. The molecule has 2 aromatic carbocycles. The van der Waals surface area contributed by atoms with E-state index in [9.17, 15) is 4.79 Å². The molecule has 5 nitrogen and oxygen atoms in total. The van der Waals surface area contributed by atoms with E-state index >= 15 is 0 Å². The van der Waals surface area contributed by atoms with Gasteiger partial charge in [0, 0.05) is 12.7 Å². The summed E-state index contributed by atoms with van der Waals surface area (Å²) in [6, 6.07) is 20.9. The van der Waals surface area contributed by atoms with Gasteiger partial charge >= 0.3 is 0 Å². The molecule has 3 rings (SSSR count). The number of aromatic nitrogens is 2. The Morgan fingerprint density at radius 2 is 1.71 bits per heavy atom. The predicted octanol–water partition coefficient (Wildman–Crippen LogP) is 2.53. The van der Waals surface area contributed by atoms with Crippen LogP contribution < -0.4 is 5.73 Å². The lowest BCUT2D eigenvalue weighted by molar-refractivity contribution is -0.123. The Labute approximate surface area is 141 Å². The normalized spacial score (nSPS) is 12.2. The first kappa shape index (κ1) is 16.0. The summed E-state index contributed by atoms with van der Waals surface area (Å²) in [6.45, 7) is 0.530. The molecule has 3 aromatic rings. The van der Waals surface area contributed by atoms with Crippen LogP contribution >= 0.6 is 0 Å². The zero-order valence-electron chi connectivity index (χ0n) is 13.5. The Morgan fingerprint density at radius 1 is 1.08 bits per heavy atom. The van der Waals surface area contributed by atoms with Crippen LogP contribution in [0.15, 0.2) is 72.9 Å². The molecule has 0 unspecified atom stereocenters. The second-order valence-electron chi connectivity index (χ2n) is 5.72. The van der Waals surface area contributed by atoms with E-state index in [2.05, 4.69) is 5.10 Å². The molecule has 0 aliphatic heterocycles. The summed E-state index contributed by atoms with van der Waals surface area (Å²) in [5.41, 5.74) is 8.38. The van der Waals surface area contributed by atoms with Gasteiger partial charge in [-0.1, -0.05) is 48.5 Å². The van der Waals surface area contributed by atoms with Gasteiger partial charge in [-0.25, -0.2) is 4.68 Å². The standard InChI is InChI=1S/C19H20N4O/c1-22(18(19(20)24)15-8-4-2-5-9-15)14-16-12-13-23(21-16)17-10-6-3-7-11-17/h2-13,18H,14H2,1H3,(H2,20,24)/t18-/m0/s1. The van der Waals surface area contributed by atoms with Crippen LogP contribution in [0.3, 0.4) is 0 Å². The second kappa shape index (κ2) is 7.10. The number of amides is 1. The molecule has 0 saturated carbocycles. The lowest BCUT2D eigenvalue weighted by atomic mass is 10.1. The Kier molecular flexibility index (Phi) is 4.72. The van der Waals surface area contributed by atoms with Crippen molar-refractivity contribution in [2.75, 3.05) is 7.05 Å². The summed E-state index contributed by atoms with van der Waals surface area (Å²) in [5.74, 6) is -0.369. The molecule has 122 valence electrons. The lowest BCUT2D eigenvalue weighted by Crippen LogP contribution is -2.35. The fraction of sp³-hybridized carbons (Fsp3) is 0.158. The van der Waals surface area contributed by atoms with Crippen molar-refractivity contribution in [3.05, 3.63) is 84.2 Å². The summed E-state index contributed by atoms with van der Waals surface area (Å²) in [6.07, 6.45) is 1.92. The third kappa shape index (κ3) is 3.52. The van der Waals surface area contributed by atoms with Gasteiger partial charge in [0.2, 0.25) is 5.91 Å². The van der Waals surface area contributed by atoms with Gasteiger partial charge in [0.1, 0.15) is 6.04 Å². The van der Waals surface area contributed by atoms with E-state index in [0.29, 0.717) is 6.54 Å². The maximum absolute atomic E-state index is 11.9. The van der Waals surface area contributed by atoms with E-state index < -0.39 is 6.04 Å². The highest BCUT2D eigenvalue weighted by Crippen LogP contribution is 2.20. The average molecular weight is 320 g/mol. The number of nitrogens with two attached hydrogens (primary N) is 1. The first-order chi connectivity index (χ1) is 11.6. The van der Waals surface area contributed by atoms with Gasteiger partial charge < -0.3 is 5.73 Å². The third-order valence-electron chi connectivity index (χ3n) is 3.90. The first-order valence-corrected chi connectivity index (χ1v) is 7.79. The number of rotatable bonds is 6. The molecule has 5 heteroatoms. The number of nitrogens with zero attached hydrogens (tertiary/aromatic N) is 3. The molecule has 2 N–H and O–H groups in total. The van der Waals surface area contributed by atoms with E-state index in [0.717, 1.165) is 16.9 Å². The highest BCUT2D eigenvalue weighted by atomic mass is 16.1. The smallest absolute Gasteiger partial charge is 0.239 e. The van der Waals surface area contributed by atoms with Crippen molar-refractivity contribution in [3.63, 3.8) is 0 Å². The number of likely N-dealkylation sites (N-methyl/N-ethyl adjacent to an activating group) is 1. The monoisotopic (exact) mass is 320 g/mol. The molecule has 1 aromatic heterocycles. The Balaban J connectivity index is 1.77. The third-order valence-corrected chi connectivity index (χ3v) is 3.90. The van der Waals surface area contributed by atoms with E-state index in [-0.39, 0.29) is 5.91 Å². The van der Waals surface area contributed by atoms with Gasteiger partial charge in [0.05, 0.1) is 11.4 Å². The Bertz CT molecular complexity index is 799. The van der Waals surface area contributed by atoms with E-state index in [1.807, 2.05) is 89.6 Å². The van der Waals surface area contributed by atoms with E-state index in [1.54, 1.807) is 0 Å². The Morgan fingerprint density at radius 3 is 2.33 bits per heavy atom. The van der Waals surface area contributed by atoms with Crippen molar-refractivity contribution in [2.45, 2.75) is 12.6 Å². The minimum Gasteiger partial charge on any atom is -0.368 e. The van der Waals surface area contributed by atoms with Gasteiger partial charge in [0.25, 0.3) is 0 Å². The molecule has 0 radical (unpaired) electrons. The lowest BCUT2D eigenvalue weighted by Gasteiger charge is -2.25. The van der Waals surface area contributed by atoms with Gasteiger partial charge in [-0.05, 0) is 30.8 Å². The molecule has 24 heavy (non-hydrogen) atoms. The molecule has 1 amide bonds. The highest BCUT2D eigenvalue weighted by Gasteiger charge is 2.23. The Hall–Kier alpha value is -2.92. The molecule has 1 atom stereocenters. The molecule has 0 aliphatic carbocycles. The number of hydrogen-bond acceptors (Lipinski definition) is 3. The van der Waals surface area contributed by atoms with Crippen molar-refractivity contribution in [1.29, 1.82) is 0 Å². The predicted molar refractivity (Wildman–Crippen MR) is 93.4 cm³/mol. The van der Waals surface area contributed by atoms with Gasteiger partial charge in [-0.3, -0.25) is 9.69 Å². The SMILES string of the molecule is CN(Cc1ccn(-c2ccccc2)n1)[C@H](C(N)=O)c1ccccc1. The maximum Gasteiger partial charge on any atom is 0.239 e. The molecule has 0 fully saturated rings. The van der Waals surface area contributed by atoms with Gasteiger partial charge in [-0.15, -0.1) is 0 Å². The summed E-state index contributed by atoms with van der Waals surface area (Å²) in [5, 5.41) is 4.58. The van der Waals surface area contributed by atoms with Crippen molar-refractivity contribution in [2.24, 2.45) is 5.73 Å². The van der Waals surface area contributed by atoms with Crippen molar-refractivity contribution in [1.82, 2.24) is 14.7 Å². The van der Waals surface area contributed by atoms with Crippen molar-refractivity contribution < 1.29 is 4.79 Å². The van der Waals surface area contributed by atoms with Crippen LogP contribution in [0.25, 0.3) is 5.69 Å². The van der Waals surface area contributed by atoms with Crippen LogP contribution in [0.5, 0.6) is 0 Å². The van der Waals surface area contributed by atoms with Crippen LogP contribution in [0.1, 0.15) is 17.3 Å². The van der Waals surface area contributed by atoms with Crippen LogP contribution in [-0.4, -0.2) is 27.6 Å². The van der Waals surface area contributed by atoms with Crippen LogP contribution in [-0.2, 0) is 11.3 Å². The molecule has 0 saturated heterocycles. The summed E-state index contributed by atoms with van der Waals surface area (Å²) in [4.78, 5) is 13.8. The van der Waals surface area contributed by atoms with Crippen molar-refractivity contribution in [3.8, 4) is 5.69 Å². The van der Waals surface area contributed by atoms with Crippen molar-refractivity contribution >= 4 is 5.91 Å². The number of para-hydroxylation sites is 1. The molecule has 1 heterocycles. The molecular weight excluding hydrogens is 300 g/mol. The van der Waals surface area contributed by atoms with Gasteiger partial charge in [0.15, 0.2) is 0 Å². The summed E-state index contributed by atoms with van der Waals surface area (Å²) < 4.78 is 1.82. The van der Waals surface area contributed by atoms with Crippen LogP contribution in [0.4, 0.5) is 0 Å². The quantitative estimate of drug-likeness (QED) is 0.759. The number of carbonyl (C=O) groups excluding carboxylic acids is 1. The largest absolute Gasteiger partial charge is 0.368 e. The second-order valence-corrected chi connectivity index (χ2v) is 5.72. The van der Waals surface area contributed by atoms with E-state index in [4.69, 9.17) is 5.73 Å². The minimum atomic E-state index is -0.479. The average Bonchev–Trinajstić information content (AvgIpc) is 3.05. The van der Waals surface area contributed by atoms with E-state index in [1.165, 1.54) is 0 Å². The fourth-order valence-electron chi connectivity index (χ4n) is 2.79. The molecular formula is C19H20N4O.